The molecule has 4 atom stereocenters. The second-order valence-corrected chi connectivity index (χ2v) is 10.0. The van der Waals surface area contributed by atoms with Crippen molar-refractivity contribution in [1.82, 2.24) is 20.2 Å². The third kappa shape index (κ3) is 7.65. The number of ether oxygens (including phenoxy) is 2. The topological polar surface area (TPSA) is 172 Å². The molecular weight excluding hydrogens is 503 g/mol. The van der Waals surface area contributed by atoms with Gasteiger partial charge in [-0.15, -0.1) is 0 Å². The number of H-pyrrole nitrogens is 1. The second-order valence-electron chi connectivity index (χ2n) is 10.0. The van der Waals surface area contributed by atoms with Gasteiger partial charge in [0.2, 0.25) is 5.82 Å². The Kier molecular flexibility index (Phi) is 9.28. The van der Waals surface area contributed by atoms with Crippen LogP contribution in [-0.4, -0.2) is 68.8 Å². The van der Waals surface area contributed by atoms with E-state index >= 15 is 0 Å². The molecule has 1 heterocycles. The molecule has 0 unspecified atom stereocenters. The van der Waals surface area contributed by atoms with Crippen LogP contribution in [-0.2, 0) is 4.74 Å². The smallest absolute Gasteiger partial charge is 0.407 e. The highest BCUT2D eigenvalue weighted by atomic mass is 19.1. The fourth-order valence-corrected chi connectivity index (χ4v) is 4.07. The summed E-state index contributed by atoms with van der Waals surface area (Å²) in [5.74, 6) is -1.27. The average molecular weight is 537 g/mol. The van der Waals surface area contributed by atoms with Crippen LogP contribution in [0.3, 0.4) is 0 Å². The van der Waals surface area contributed by atoms with Gasteiger partial charge in [0.1, 0.15) is 23.6 Å². The van der Waals surface area contributed by atoms with Crippen LogP contribution in [0.15, 0.2) is 40.1 Å². The van der Waals surface area contributed by atoms with E-state index in [0.29, 0.717) is 24.9 Å². The molecule has 12 nitrogen and oxygen atoms in total. The van der Waals surface area contributed by atoms with Crippen LogP contribution in [0.25, 0.3) is 0 Å². The summed E-state index contributed by atoms with van der Waals surface area (Å²) in [4.78, 5) is 49.6. The minimum absolute atomic E-state index is 0.134. The lowest BCUT2D eigenvalue weighted by Gasteiger charge is -2.38. The van der Waals surface area contributed by atoms with Crippen LogP contribution >= 0.6 is 0 Å². The van der Waals surface area contributed by atoms with Crippen molar-refractivity contribution in [3.05, 3.63) is 62.7 Å². The average Bonchev–Trinajstić information content (AvgIpc) is 2.83. The third-order valence-corrected chi connectivity index (χ3v) is 5.88. The zero-order valence-corrected chi connectivity index (χ0v) is 21.4. The van der Waals surface area contributed by atoms with E-state index in [4.69, 9.17) is 9.47 Å². The van der Waals surface area contributed by atoms with Gasteiger partial charge in [-0.2, -0.15) is 4.39 Å². The number of carbonyl (C=O) groups is 2. The number of aromatic nitrogens is 2. The molecule has 0 saturated heterocycles. The highest BCUT2D eigenvalue weighted by Crippen LogP contribution is 2.29. The number of aliphatic hydroxyl groups excluding tert-OH is 2. The minimum Gasteiger partial charge on any atom is -0.494 e. The van der Waals surface area contributed by atoms with E-state index in [9.17, 15) is 33.8 Å². The summed E-state index contributed by atoms with van der Waals surface area (Å²) < 4.78 is 25.3. The van der Waals surface area contributed by atoms with Crippen LogP contribution in [0.2, 0.25) is 0 Å². The fraction of sp³-hybridized carbons (Fsp3) is 0.520. The van der Waals surface area contributed by atoms with Gasteiger partial charge in [-0.1, -0.05) is 6.07 Å². The van der Waals surface area contributed by atoms with Gasteiger partial charge in [0.25, 0.3) is 11.5 Å². The Morgan fingerprint density at radius 2 is 1.92 bits per heavy atom. The number of aromatic amines is 1. The highest BCUT2D eigenvalue weighted by Gasteiger charge is 2.39. The molecule has 0 aliphatic heterocycles. The van der Waals surface area contributed by atoms with Crippen molar-refractivity contribution in [2.45, 2.75) is 69.9 Å². The molecule has 5 N–H and O–H groups in total. The quantitative estimate of drug-likeness (QED) is 0.309. The molecule has 208 valence electrons. The first-order valence-electron chi connectivity index (χ1n) is 12.2. The van der Waals surface area contributed by atoms with Gasteiger partial charge < -0.3 is 30.3 Å². The minimum atomic E-state index is -1.50. The summed E-state index contributed by atoms with van der Waals surface area (Å²) in [6.07, 6.45) is -1.95. The number of halogens is 1. The van der Waals surface area contributed by atoms with Gasteiger partial charge in [0, 0.05) is 12.1 Å². The van der Waals surface area contributed by atoms with Crippen molar-refractivity contribution >= 4 is 12.0 Å². The van der Waals surface area contributed by atoms with E-state index in [-0.39, 0.29) is 25.0 Å². The van der Waals surface area contributed by atoms with Crippen molar-refractivity contribution in [2.75, 3.05) is 13.2 Å². The molecule has 1 fully saturated rings. The first-order chi connectivity index (χ1) is 17.9. The molecule has 1 aromatic heterocycles. The Morgan fingerprint density at radius 1 is 1.18 bits per heavy atom. The first-order valence-corrected chi connectivity index (χ1v) is 12.2. The summed E-state index contributed by atoms with van der Waals surface area (Å²) in [7, 11) is 0. The van der Waals surface area contributed by atoms with E-state index in [1.807, 2.05) is 4.98 Å². The normalized spacial score (nSPS) is 21.4. The first kappa shape index (κ1) is 28.9. The number of alkyl carbamates (subject to hydrolysis) is 1. The van der Waals surface area contributed by atoms with Crippen LogP contribution < -0.4 is 26.6 Å². The molecule has 0 radical (unpaired) electrons. The lowest BCUT2D eigenvalue weighted by atomic mass is 9.85. The Labute approximate surface area is 217 Å². The Hall–Kier alpha value is -3.71. The predicted molar refractivity (Wildman–Crippen MR) is 134 cm³/mol. The Balaban J connectivity index is 1.52. The van der Waals surface area contributed by atoms with Crippen molar-refractivity contribution in [3.8, 4) is 5.75 Å². The molecule has 1 aromatic carbocycles. The highest BCUT2D eigenvalue weighted by molar-refractivity contribution is 5.94. The van der Waals surface area contributed by atoms with Crippen LogP contribution in [0.4, 0.5) is 9.18 Å². The van der Waals surface area contributed by atoms with Crippen molar-refractivity contribution in [2.24, 2.45) is 0 Å². The van der Waals surface area contributed by atoms with Crippen molar-refractivity contribution in [1.29, 1.82) is 0 Å². The second kappa shape index (κ2) is 12.2. The summed E-state index contributed by atoms with van der Waals surface area (Å²) in [6, 6.07) is 4.56. The Bertz CT molecular complexity index is 1250. The number of carbonyl (C=O) groups excluding carboxylic acids is 2. The number of amides is 2. The molecule has 1 aliphatic carbocycles. The molecule has 1 saturated carbocycles. The molecule has 38 heavy (non-hydrogen) atoms. The summed E-state index contributed by atoms with van der Waals surface area (Å²) in [6.45, 7) is 5.93. The summed E-state index contributed by atoms with van der Waals surface area (Å²) in [5, 5.41) is 26.5. The lowest BCUT2D eigenvalue weighted by molar-refractivity contribution is -0.0572. The molecule has 3 rings (SSSR count). The maximum atomic E-state index is 13.7. The molecular formula is C25H33FN4O8. The van der Waals surface area contributed by atoms with E-state index in [2.05, 4.69) is 10.6 Å². The van der Waals surface area contributed by atoms with Crippen molar-refractivity contribution < 1.29 is 33.7 Å². The monoisotopic (exact) mass is 536 g/mol. The number of aliphatic hydroxyl groups is 2. The number of rotatable bonds is 8. The lowest BCUT2D eigenvalue weighted by Crippen LogP contribution is -2.55. The van der Waals surface area contributed by atoms with Gasteiger partial charge >= 0.3 is 11.8 Å². The maximum absolute atomic E-state index is 13.7. The number of benzene rings is 1. The van der Waals surface area contributed by atoms with Crippen LogP contribution in [0.5, 0.6) is 5.75 Å². The summed E-state index contributed by atoms with van der Waals surface area (Å²) >= 11 is 0. The van der Waals surface area contributed by atoms with E-state index < -0.39 is 59.0 Å². The van der Waals surface area contributed by atoms with Gasteiger partial charge in [0.05, 0.1) is 24.9 Å². The molecule has 0 bridgehead atoms. The maximum Gasteiger partial charge on any atom is 0.407 e. The molecule has 2 aromatic rings. The summed E-state index contributed by atoms with van der Waals surface area (Å²) in [5.41, 5.74) is -2.41. The molecule has 13 heteroatoms. The standard InChI is InChI=1S/C25H33FN4O8/c1-25(2,3)38-24(36)27-10-5-11-37-15-7-4-6-14(12-15)21(33)28-17-8-9-18(20(32)19(17)31)30-13-16(26)22(34)29-23(30)35/h4,6-7,12-13,17-20,31-32H,5,8-11H2,1-3H3,(H,27,36)(H,28,33)(H,29,34,35)/t17-,18-,19-,20-/m1/s1. The number of nitrogens with zero attached hydrogens (tertiary/aromatic N) is 1. The van der Waals surface area contributed by atoms with Gasteiger partial charge in [-0.25, -0.2) is 9.59 Å². The predicted octanol–water partition coefficient (Wildman–Crippen LogP) is 0.825. The van der Waals surface area contributed by atoms with Crippen LogP contribution in [0, 0.1) is 5.82 Å². The fourth-order valence-electron chi connectivity index (χ4n) is 4.07. The molecule has 2 amide bonds. The molecule has 0 spiro atoms. The van der Waals surface area contributed by atoms with Gasteiger partial charge in [0.15, 0.2) is 0 Å². The number of hydrogen-bond donors (Lipinski definition) is 5. The Morgan fingerprint density at radius 3 is 2.63 bits per heavy atom. The zero-order valence-electron chi connectivity index (χ0n) is 21.4. The van der Waals surface area contributed by atoms with Gasteiger partial charge in [-0.05, 0) is 58.2 Å². The third-order valence-electron chi connectivity index (χ3n) is 5.88. The van der Waals surface area contributed by atoms with Crippen LogP contribution in [0.1, 0.15) is 56.4 Å². The van der Waals surface area contributed by atoms with Gasteiger partial charge in [-0.3, -0.25) is 19.1 Å². The molecule has 1 aliphatic rings. The SMILES string of the molecule is CC(C)(C)OC(=O)NCCCOc1cccc(C(=O)N[C@@H]2CC[C@@H](n3cc(F)c(=O)[nH]c3=O)[C@@H](O)[C@@H]2O)c1. The number of nitrogens with one attached hydrogen (secondary N) is 3. The number of hydrogen-bond acceptors (Lipinski definition) is 8. The van der Waals surface area contributed by atoms with E-state index in [1.54, 1.807) is 39.0 Å². The zero-order chi connectivity index (χ0) is 28.0. The van der Waals surface area contributed by atoms with E-state index in [1.165, 1.54) is 6.07 Å². The van der Waals surface area contributed by atoms with E-state index in [0.717, 1.165) is 4.57 Å². The largest absolute Gasteiger partial charge is 0.494 e. The van der Waals surface area contributed by atoms with Crippen molar-refractivity contribution in [3.63, 3.8) is 0 Å².